The first-order valence-corrected chi connectivity index (χ1v) is 8.08. The fourth-order valence-electron chi connectivity index (χ4n) is 2.15. The van der Waals surface area contributed by atoms with Gasteiger partial charge in [0.25, 0.3) is 0 Å². The van der Waals surface area contributed by atoms with Crippen molar-refractivity contribution in [2.24, 2.45) is 4.99 Å². The van der Waals surface area contributed by atoms with Gasteiger partial charge in [-0.25, -0.2) is 0 Å². The molecule has 0 spiro atoms. The zero-order valence-electron chi connectivity index (χ0n) is 14.5. The van der Waals surface area contributed by atoms with Crippen LogP contribution < -0.4 is 20.7 Å². The molecule has 0 unspecified atom stereocenters. The molecule has 1 aromatic heterocycles. The van der Waals surface area contributed by atoms with E-state index in [1.165, 1.54) is 0 Å². The molecule has 2 rings (SSSR count). The number of carbonyl (C=O) groups excluding carboxylic acids is 1. The van der Waals surface area contributed by atoms with Crippen LogP contribution in [0.1, 0.15) is 12.5 Å². The van der Waals surface area contributed by atoms with Gasteiger partial charge < -0.3 is 20.7 Å². The molecule has 132 valence electrons. The summed E-state index contributed by atoms with van der Waals surface area (Å²) in [5, 5.41) is 8.90. The van der Waals surface area contributed by atoms with E-state index in [9.17, 15) is 4.79 Å². The highest BCUT2D eigenvalue weighted by Crippen LogP contribution is 2.17. The summed E-state index contributed by atoms with van der Waals surface area (Å²) >= 11 is 0. The van der Waals surface area contributed by atoms with Crippen LogP contribution in [0.2, 0.25) is 0 Å². The molecule has 0 aliphatic heterocycles. The molecule has 7 heteroatoms. The Morgan fingerprint density at radius 2 is 2.04 bits per heavy atom. The third-order valence-electron chi connectivity index (χ3n) is 3.30. The van der Waals surface area contributed by atoms with Crippen LogP contribution in [-0.4, -0.2) is 37.1 Å². The van der Waals surface area contributed by atoms with Gasteiger partial charge in [0.2, 0.25) is 5.91 Å². The van der Waals surface area contributed by atoms with Crippen LogP contribution in [0, 0.1) is 0 Å². The van der Waals surface area contributed by atoms with Crippen LogP contribution >= 0.6 is 0 Å². The van der Waals surface area contributed by atoms with Crippen molar-refractivity contribution in [3.8, 4) is 5.75 Å². The largest absolute Gasteiger partial charge is 0.494 e. The van der Waals surface area contributed by atoms with E-state index < -0.39 is 0 Å². The van der Waals surface area contributed by atoms with Gasteiger partial charge in [0.15, 0.2) is 5.96 Å². The quantitative estimate of drug-likeness (QED) is 0.528. The van der Waals surface area contributed by atoms with E-state index in [1.807, 2.05) is 31.2 Å². The number of hydrogen-bond donors (Lipinski definition) is 3. The van der Waals surface area contributed by atoms with E-state index in [0.29, 0.717) is 24.8 Å². The van der Waals surface area contributed by atoms with Gasteiger partial charge in [0.05, 0.1) is 25.0 Å². The molecule has 0 aliphatic rings. The Labute approximate surface area is 147 Å². The molecule has 2 aromatic rings. The van der Waals surface area contributed by atoms with E-state index in [1.54, 1.807) is 31.6 Å². The van der Waals surface area contributed by atoms with Crippen LogP contribution in [0.5, 0.6) is 5.75 Å². The molecule has 1 heterocycles. The number of rotatable bonds is 7. The van der Waals surface area contributed by atoms with Crippen molar-refractivity contribution in [2.75, 3.05) is 25.5 Å². The summed E-state index contributed by atoms with van der Waals surface area (Å²) in [5.74, 6) is 1.19. The Morgan fingerprint density at radius 3 is 2.76 bits per heavy atom. The number of aromatic nitrogens is 1. The summed E-state index contributed by atoms with van der Waals surface area (Å²) in [6.07, 6.45) is 3.25. The highest BCUT2D eigenvalue weighted by Gasteiger charge is 2.06. The van der Waals surface area contributed by atoms with Crippen molar-refractivity contribution >= 4 is 17.6 Å². The predicted octanol–water partition coefficient (Wildman–Crippen LogP) is 1.78. The smallest absolute Gasteiger partial charge is 0.243 e. The van der Waals surface area contributed by atoms with Crippen molar-refractivity contribution < 1.29 is 9.53 Å². The second-order valence-corrected chi connectivity index (χ2v) is 5.11. The maximum Gasteiger partial charge on any atom is 0.243 e. The third kappa shape index (κ3) is 6.14. The molecule has 0 saturated heterocycles. The summed E-state index contributed by atoms with van der Waals surface area (Å²) in [4.78, 5) is 20.0. The number of para-hydroxylation sites is 1. The second-order valence-electron chi connectivity index (χ2n) is 5.11. The van der Waals surface area contributed by atoms with E-state index in [-0.39, 0.29) is 12.5 Å². The second kappa shape index (κ2) is 9.92. The molecule has 0 bridgehead atoms. The molecule has 7 nitrogen and oxygen atoms in total. The first kappa shape index (κ1) is 18.3. The van der Waals surface area contributed by atoms with Gasteiger partial charge >= 0.3 is 0 Å². The molecule has 0 atom stereocenters. The normalized spacial score (nSPS) is 10.9. The van der Waals surface area contributed by atoms with Crippen molar-refractivity contribution in [1.29, 1.82) is 0 Å². The molecule has 1 amide bonds. The zero-order valence-corrected chi connectivity index (χ0v) is 14.5. The molecular weight excluding hydrogens is 318 g/mol. The van der Waals surface area contributed by atoms with Gasteiger partial charge in [-0.05, 0) is 25.1 Å². The van der Waals surface area contributed by atoms with Crippen LogP contribution in [0.4, 0.5) is 5.69 Å². The fraction of sp³-hybridized carbons (Fsp3) is 0.278. The summed E-state index contributed by atoms with van der Waals surface area (Å²) in [6.45, 7) is 3.20. The van der Waals surface area contributed by atoms with Gasteiger partial charge in [0, 0.05) is 25.4 Å². The number of hydrogen-bond acceptors (Lipinski definition) is 4. The standard InChI is InChI=1S/C18H23N5O2/c1-3-25-16-9-5-4-7-14(16)11-21-18(19-2)22-13-17(24)23-15-8-6-10-20-12-15/h4-10,12H,3,11,13H2,1-2H3,(H,23,24)(H2,19,21,22). The van der Waals surface area contributed by atoms with E-state index in [0.717, 1.165) is 11.3 Å². The molecule has 0 fully saturated rings. The van der Waals surface area contributed by atoms with Gasteiger partial charge in [0.1, 0.15) is 5.75 Å². The van der Waals surface area contributed by atoms with E-state index in [4.69, 9.17) is 4.74 Å². The molecule has 0 radical (unpaired) electrons. The van der Waals surface area contributed by atoms with Gasteiger partial charge in [-0.15, -0.1) is 0 Å². The molecule has 3 N–H and O–H groups in total. The Kier molecular flexibility index (Phi) is 7.24. The molecule has 0 saturated carbocycles. The van der Waals surface area contributed by atoms with Crippen LogP contribution in [0.15, 0.2) is 53.8 Å². The van der Waals surface area contributed by atoms with Crippen LogP contribution in [0.25, 0.3) is 0 Å². The minimum Gasteiger partial charge on any atom is -0.494 e. The number of nitrogens with one attached hydrogen (secondary N) is 3. The minimum atomic E-state index is -0.175. The maximum atomic E-state index is 11.9. The van der Waals surface area contributed by atoms with Crippen LogP contribution in [0.3, 0.4) is 0 Å². The summed E-state index contributed by atoms with van der Waals surface area (Å²) in [7, 11) is 1.66. The van der Waals surface area contributed by atoms with E-state index >= 15 is 0 Å². The summed E-state index contributed by atoms with van der Waals surface area (Å²) in [5.41, 5.74) is 1.68. The number of nitrogens with zero attached hydrogens (tertiary/aromatic N) is 2. The zero-order chi connectivity index (χ0) is 17.9. The van der Waals surface area contributed by atoms with E-state index in [2.05, 4.69) is 25.9 Å². The molecule has 25 heavy (non-hydrogen) atoms. The predicted molar refractivity (Wildman–Crippen MR) is 98.7 cm³/mol. The summed E-state index contributed by atoms with van der Waals surface area (Å²) < 4.78 is 5.60. The van der Waals surface area contributed by atoms with Crippen molar-refractivity contribution in [3.05, 3.63) is 54.4 Å². The van der Waals surface area contributed by atoms with Crippen molar-refractivity contribution in [2.45, 2.75) is 13.5 Å². The Hall–Kier alpha value is -3.09. The topological polar surface area (TPSA) is 87.6 Å². The molecule has 1 aromatic carbocycles. The Morgan fingerprint density at radius 1 is 1.20 bits per heavy atom. The SMILES string of the molecule is CCOc1ccccc1CNC(=NC)NCC(=O)Nc1cccnc1. The van der Waals surface area contributed by atoms with Crippen molar-refractivity contribution in [1.82, 2.24) is 15.6 Å². The van der Waals surface area contributed by atoms with Gasteiger partial charge in [-0.3, -0.25) is 14.8 Å². The number of benzene rings is 1. The molecule has 0 aliphatic carbocycles. The minimum absolute atomic E-state index is 0.0989. The van der Waals surface area contributed by atoms with Gasteiger partial charge in [-0.2, -0.15) is 0 Å². The lowest BCUT2D eigenvalue weighted by atomic mass is 10.2. The number of pyridine rings is 1. The number of guanidine groups is 1. The number of amides is 1. The Bertz CT molecular complexity index is 704. The monoisotopic (exact) mass is 341 g/mol. The maximum absolute atomic E-state index is 11.9. The average Bonchev–Trinajstić information content (AvgIpc) is 2.64. The third-order valence-corrected chi connectivity index (χ3v) is 3.30. The fourth-order valence-corrected chi connectivity index (χ4v) is 2.15. The number of ether oxygens (including phenoxy) is 1. The number of carbonyl (C=O) groups is 1. The summed E-state index contributed by atoms with van der Waals surface area (Å²) in [6, 6.07) is 11.3. The van der Waals surface area contributed by atoms with Crippen LogP contribution in [-0.2, 0) is 11.3 Å². The lowest BCUT2D eigenvalue weighted by Crippen LogP contribution is -2.41. The lowest BCUT2D eigenvalue weighted by Gasteiger charge is -2.14. The van der Waals surface area contributed by atoms with Gasteiger partial charge in [-0.1, -0.05) is 18.2 Å². The number of aliphatic imine (C=N–C) groups is 1. The number of anilines is 1. The Balaban J connectivity index is 1.82. The first-order chi connectivity index (χ1) is 12.2. The molecular formula is C18H23N5O2. The first-order valence-electron chi connectivity index (χ1n) is 8.08. The average molecular weight is 341 g/mol. The van der Waals surface area contributed by atoms with Crippen molar-refractivity contribution in [3.63, 3.8) is 0 Å². The highest BCUT2D eigenvalue weighted by molar-refractivity contribution is 5.94. The highest BCUT2D eigenvalue weighted by atomic mass is 16.5. The lowest BCUT2D eigenvalue weighted by molar-refractivity contribution is -0.115.